The number of aliphatic carboxylic acids is 1. The lowest BCUT2D eigenvalue weighted by Gasteiger charge is -2.12. The first-order valence-electron chi connectivity index (χ1n) is 5.87. The van der Waals surface area contributed by atoms with Gasteiger partial charge in [-0.15, -0.1) is 0 Å². The van der Waals surface area contributed by atoms with Gasteiger partial charge in [-0.05, 0) is 26.7 Å². The van der Waals surface area contributed by atoms with Gasteiger partial charge in [0.05, 0.1) is 5.69 Å². The van der Waals surface area contributed by atoms with E-state index in [0.29, 0.717) is 24.4 Å². The van der Waals surface area contributed by atoms with Crippen LogP contribution in [0.15, 0.2) is 4.42 Å². The Morgan fingerprint density at radius 3 is 2.61 bits per heavy atom. The summed E-state index contributed by atoms with van der Waals surface area (Å²) in [6.07, 6.45) is 1.26. The number of hydrogen-bond donors (Lipinski definition) is 2. The Kier molecular flexibility index (Phi) is 4.88. The first kappa shape index (κ1) is 14.2. The quantitative estimate of drug-likeness (QED) is 0.805. The van der Waals surface area contributed by atoms with Gasteiger partial charge in [-0.3, -0.25) is 9.59 Å². The van der Waals surface area contributed by atoms with Crippen LogP contribution in [0.4, 0.5) is 0 Å². The van der Waals surface area contributed by atoms with E-state index in [1.165, 1.54) is 0 Å². The van der Waals surface area contributed by atoms with Crippen LogP contribution in [0.3, 0.4) is 0 Å². The van der Waals surface area contributed by atoms with E-state index in [2.05, 4.69) is 10.3 Å². The predicted molar refractivity (Wildman–Crippen MR) is 64.4 cm³/mol. The van der Waals surface area contributed by atoms with Crippen LogP contribution in [0.2, 0.25) is 0 Å². The number of aryl methyl sites for hydroxylation is 2. The highest BCUT2D eigenvalue weighted by Gasteiger charge is 2.17. The smallest absolute Gasteiger partial charge is 0.303 e. The van der Waals surface area contributed by atoms with Crippen LogP contribution in [-0.4, -0.2) is 28.0 Å². The summed E-state index contributed by atoms with van der Waals surface area (Å²) in [5, 5.41) is 11.3. The Morgan fingerprint density at radius 2 is 2.11 bits per heavy atom. The Bertz CT molecular complexity index is 439. The summed E-state index contributed by atoms with van der Waals surface area (Å²) >= 11 is 0. The second kappa shape index (κ2) is 6.18. The second-order valence-corrected chi connectivity index (χ2v) is 4.31. The predicted octanol–water partition coefficient (Wildman–Crippen LogP) is 1.66. The van der Waals surface area contributed by atoms with Crippen LogP contribution in [-0.2, 0) is 4.79 Å². The van der Waals surface area contributed by atoms with E-state index in [4.69, 9.17) is 9.52 Å². The van der Waals surface area contributed by atoms with Crippen LogP contribution in [0.1, 0.15) is 48.3 Å². The fourth-order valence-corrected chi connectivity index (χ4v) is 1.66. The molecule has 0 bridgehead atoms. The van der Waals surface area contributed by atoms with Crippen molar-refractivity contribution in [2.45, 2.75) is 46.1 Å². The number of rotatable bonds is 6. The highest BCUT2D eigenvalue weighted by atomic mass is 16.4. The molecule has 100 valence electrons. The first-order valence-corrected chi connectivity index (χ1v) is 5.87. The molecule has 1 rings (SSSR count). The molecule has 2 N–H and O–H groups in total. The molecule has 1 atom stereocenters. The number of hydrogen-bond acceptors (Lipinski definition) is 4. The van der Waals surface area contributed by atoms with Crippen LogP contribution in [0, 0.1) is 13.8 Å². The molecule has 1 aromatic rings. The van der Waals surface area contributed by atoms with E-state index < -0.39 is 5.97 Å². The minimum atomic E-state index is -0.824. The van der Waals surface area contributed by atoms with Crippen molar-refractivity contribution in [1.82, 2.24) is 10.3 Å². The zero-order valence-corrected chi connectivity index (χ0v) is 10.8. The number of nitrogens with zero attached hydrogens (tertiary/aromatic N) is 1. The largest absolute Gasteiger partial charge is 0.481 e. The molecular weight excluding hydrogens is 236 g/mol. The minimum Gasteiger partial charge on any atom is -0.481 e. The van der Waals surface area contributed by atoms with Crippen molar-refractivity contribution in [3.8, 4) is 0 Å². The fourth-order valence-electron chi connectivity index (χ4n) is 1.66. The summed E-state index contributed by atoms with van der Waals surface area (Å²) in [5.74, 6) is -0.458. The molecule has 1 heterocycles. The molecule has 0 fully saturated rings. The zero-order chi connectivity index (χ0) is 13.7. The van der Waals surface area contributed by atoms with Crippen molar-refractivity contribution in [3.05, 3.63) is 17.3 Å². The molecule has 1 aromatic heterocycles. The molecule has 0 aliphatic carbocycles. The molecule has 6 heteroatoms. The third-order valence-electron chi connectivity index (χ3n) is 2.52. The number of aromatic nitrogens is 1. The Labute approximate surface area is 105 Å². The summed E-state index contributed by atoms with van der Waals surface area (Å²) in [4.78, 5) is 26.2. The maximum atomic E-state index is 11.8. The summed E-state index contributed by atoms with van der Waals surface area (Å²) in [7, 11) is 0. The molecule has 18 heavy (non-hydrogen) atoms. The van der Waals surface area contributed by atoms with Crippen molar-refractivity contribution >= 4 is 11.9 Å². The van der Waals surface area contributed by atoms with Gasteiger partial charge >= 0.3 is 5.97 Å². The van der Waals surface area contributed by atoms with Gasteiger partial charge in [-0.2, -0.15) is 0 Å². The molecule has 0 saturated heterocycles. The molecule has 1 unspecified atom stereocenters. The standard InChI is InChI=1S/C12H18N2O4/c1-7(5-4-6-10(15)16)13-12(17)11-8(2)14-9(3)18-11/h7H,4-6H2,1-3H3,(H,13,17)(H,15,16). The maximum absolute atomic E-state index is 11.8. The van der Waals surface area contributed by atoms with Gasteiger partial charge in [0.15, 0.2) is 5.89 Å². The van der Waals surface area contributed by atoms with Gasteiger partial charge < -0.3 is 14.8 Å². The Balaban J connectivity index is 2.44. The van der Waals surface area contributed by atoms with Crippen molar-refractivity contribution in [2.24, 2.45) is 0 Å². The summed E-state index contributed by atoms with van der Waals surface area (Å²) < 4.78 is 5.20. The molecule has 0 aromatic carbocycles. The Hall–Kier alpha value is -1.85. The molecule has 6 nitrogen and oxygen atoms in total. The summed E-state index contributed by atoms with van der Waals surface area (Å²) in [6.45, 7) is 5.22. The van der Waals surface area contributed by atoms with Crippen LogP contribution < -0.4 is 5.32 Å². The normalized spacial score (nSPS) is 12.2. The number of carboxylic acid groups (broad SMARTS) is 1. The number of oxazole rings is 1. The maximum Gasteiger partial charge on any atom is 0.303 e. The van der Waals surface area contributed by atoms with Crippen LogP contribution in [0.25, 0.3) is 0 Å². The third-order valence-corrected chi connectivity index (χ3v) is 2.52. The van der Waals surface area contributed by atoms with E-state index in [9.17, 15) is 9.59 Å². The molecule has 0 spiro atoms. The molecular formula is C12H18N2O4. The number of carbonyl (C=O) groups excluding carboxylic acids is 1. The monoisotopic (exact) mass is 254 g/mol. The van der Waals surface area contributed by atoms with Crippen LogP contribution in [0.5, 0.6) is 0 Å². The molecule has 0 radical (unpaired) electrons. The van der Waals surface area contributed by atoms with E-state index >= 15 is 0 Å². The lowest BCUT2D eigenvalue weighted by atomic mass is 10.1. The van der Waals surface area contributed by atoms with Gasteiger partial charge in [0, 0.05) is 19.4 Å². The number of amides is 1. The van der Waals surface area contributed by atoms with E-state index in [1.54, 1.807) is 13.8 Å². The highest BCUT2D eigenvalue weighted by Crippen LogP contribution is 2.10. The SMILES string of the molecule is Cc1nc(C)c(C(=O)NC(C)CCCC(=O)O)o1. The topological polar surface area (TPSA) is 92.4 Å². The number of nitrogens with one attached hydrogen (secondary N) is 1. The van der Waals surface area contributed by atoms with Gasteiger partial charge in [0.1, 0.15) is 0 Å². The molecule has 0 saturated carbocycles. The molecule has 0 aliphatic rings. The number of carbonyl (C=O) groups is 2. The van der Waals surface area contributed by atoms with E-state index in [1.807, 2.05) is 6.92 Å². The van der Waals surface area contributed by atoms with Crippen molar-refractivity contribution in [1.29, 1.82) is 0 Å². The van der Waals surface area contributed by atoms with Crippen molar-refractivity contribution < 1.29 is 19.1 Å². The molecule has 0 aliphatic heterocycles. The van der Waals surface area contributed by atoms with Crippen molar-refractivity contribution in [3.63, 3.8) is 0 Å². The zero-order valence-electron chi connectivity index (χ0n) is 10.8. The second-order valence-electron chi connectivity index (χ2n) is 4.31. The van der Waals surface area contributed by atoms with E-state index in [-0.39, 0.29) is 24.1 Å². The van der Waals surface area contributed by atoms with Gasteiger partial charge in [0.2, 0.25) is 5.76 Å². The lowest BCUT2D eigenvalue weighted by molar-refractivity contribution is -0.137. The third kappa shape index (κ3) is 4.20. The summed E-state index contributed by atoms with van der Waals surface area (Å²) in [6, 6.07) is -0.0957. The fraction of sp³-hybridized carbons (Fsp3) is 0.583. The first-order chi connectivity index (χ1) is 8.40. The average Bonchev–Trinajstić information content (AvgIpc) is 2.57. The Morgan fingerprint density at radius 1 is 1.44 bits per heavy atom. The molecule has 1 amide bonds. The lowest BCUT2D eigenvalue weighted by Crippen LogP contribution is -2.32. The highest BCUT2D eigenvalue weighted by molar-refractivity contribution is 5.92. The van der Waals surface area contributed by atoms with Gasteiger partial charge in [-0.25, -0.2) is 4.98 Å². The number of carboxylic acids is 1. The average molecular weight is 254 g/mol. The van der Waals surface area contributed by atoms with Gasteiger partial charge in [0.25, 0.3) is 5.91 Å². The van der Waals surface area contributed by atoms with E-state index in [0.717, 1.165) is 0 Å². The van der Waals surface area contributed by atoms with Crippen molar-refractivity contribution in [2.75, 3.05) is 0 Å². The van der Waals surface area contributed by atoms with Crippen LogP contribution >= 0.6 is 0 Å². The van der Waals surface area contributed by atoms with Gasteiger partial charge in [-0.1, -0.05) is 0 Å². The summed E-state index contributed by atoms with van der Waals surface area (Å²) in [5.41, 5.74) is 0.558. The minimum absolute atomic E-state index is 0.0957.